The van der Waals surface area contributed by atoms with Crippen molar-refractivity contribution in [2.45, 2.75) is 11.5 Å². The minimum Gasteiger partial charge on any atom is -0.290 e. The van der Waals surface area contributed by atoms with Gasteiger partial charge in [-0.15, -0.1) is 11.8 Å². The molecule has 1 aromatic heterocycles. The van der Waals surface area contributed by atoms with Gasteiger partial charge in [0.2, 0.25) is 0 Å². The molecule has 0 aliphatic rings. The third-order valence-corrected chi connectivity index (χ3v) is 3.00. The molecule has 1 aromatic carbocycles. The van der Waals surface area contributed by atoms with Gasteiger partial charge in [-0.3, -0.25) is 10.7 Å². The fourth-order valence-corrected chi connectivity index (χ4v) is 1.88. The normalized spacial score (nSPS) is 11.9. The molecular weight excluding hydrogens is 290 g/mol. The van der Waals surface area contributed by atoms with E-state index in [0.717, 1.165) is 0 Å². The molecule has 2 N–H and O–H groups in total. The summed E-state index contributed by atoms with van der Waals surface area (Å²) in [5, 5.41) is 16.7. The van der Waals surface area contributed by atoms with Gasteiger partial charge in [0.15, 0.2) is 16.6 Å². The molecule has 2 rings (SSSR count). The van der Waals surface area contributed by atoms with E-state index in [1.54, 1.807) is 6.26 Å². The van der Waals surface area contributed by atoms with Crippen LogP contribution in [0.1, 0.15) is 17.7 Å². The first-order valence-corrected chi connectivity index (χ1v) is 6.62. The quantitative estimate of drug-likeness (QED) is 0.391. The summed E-state index contributed by atoms with van der Waals surface area (Å²) in [4.78, 5) is 4.02. The standard InChI is InChI=1S/C11H10F2N4O2S/c1-20-11-8(16-19-17-11)10(15-18)14-7-4-2-3-6(5-7)9(12)13/h2-5,9,18H,1H3,(H,14,15). The highest BCUT2D eigenvalue weighted by Crippen LogP contribution is 2.24. The predicted molar refractivity (Wildman–Crippen MR) is 68.6 cm³/mol. The SMILES string of the molecule is CSc1nonc1C(=Nc1cccc(C(F)F)c1)NO. The summed E-state index contributed by atoms with van der Waals surface area (Å²) in [6, 6.07) is 5.48. The molecule has 0 unspecified atom stereocenters. The van der Waals surface area contributed by atoms with Crippen LogP contribution in [0, 0.1) is 0 Å². The van der Waals surface area contributed by atoms with Gasteiger partial charge in [0.05, 0.1) is 5.69 Å². The van der Waals surface area contributed by atoms with Gasteiger partial charge in [-0.1, -0.05) is 12.1 Å². The van der Waals surface area contributed by atoms with Crippen LogP contribution in [0.5, 0.6) is 0 Å². The van der Waals surface area contributed by atoms with Crippen molar-refractivity contribution < 1.29 is 18.6 Å². The zero-order chi connectivity index (χ0) is 14.5. The first-order valence-electron chi connectivity index (χ1n) is 5.39. The summed E-state index contributed by atoms with van der Waals surface area (Å²) in [5.74, 6) is -0.0398. The molecule has 0 aliphatic carbocycles. The molecule has 0 spiro atoms. The maximum absolute atomic E-state index is 12.6. The first-order chi connectivity index (χ1) is 9.65. The third-order valence-electron chi connectivity index (χ3n) is 2.35. The Morgan fingerprint density at radius 1 is 1.45 bits per heavy atom. The van der Waals surface area contributed by atoms with E-state index in [0.29, 0.717) is 5.03 Å². The van der Waals surface area contributed by atoms with Crippen LogP contribution in [0.15, 0.2) is 38.9 Å². The number of aromatic nitrogens is 2. The van der Waals surface area contributed by atoms with Crippen molar-refractivity contribution in [2.24, 2.45) is 4.99 Å². The Balaban J connectivity index is 2.38. The summed E-state index contributed by atoms with van der Waals surface area (Å²) >= 11 is 1.25. The molecule has 0 bridgehead atoms. The summed E-state index contributed by atoms with van der Waals surface area (Å²) in [7, 11) is 0. The fourth-order valence-electron chi connectivity index (χ4n) is 1.45. The van der Waals surface area contributed by atoms with Crippen molar-refractivity contribution >= 4 is 23.3 Å². The van der Waals surface area contributed by atoms with Crippen LogP contribution in [-0.2, 0) is 0 Å². The number of thioether (sulfide) groups is 1. The Morgan fingerprint density at radius 2 is 2.25 bits per heavy atom. The first kappa shape index (κ1) is 14.4. The number of nitrogens with one attached hydrogen (secondary N) is 1. The predicted octanol–water partition coefficient (Wildman–Crippen LogP) is 2.79. The molecule has 0 aliphatic heterocycles. The maximum atomic E-state index is 12.6. The van der Waals surface area contributed by atoms with Crippen LogP contribution in [0.25, 0.3) is 0 Å². The molecular formula is C11H10F2N4O2S. The van der Waals surface area contributed by atoms with Gasteiger partial charge < -0.3 is 0 Å². The van der Waals surface area contributed by atoms with Crippen molar-refractivity contribution in [1.82, 2.24) is 15.8 Å². The van der Waals surface area contributed by atoms with Gasteiger partial charge in [0.1, 0.15) is 0 Å². The highest BCUT2D eigenvalue weighted by molar-refractivity contribution is 7.98. The molecule has 2 aromatic rings. The van der Waals surface area contributed by atoms with Crippen LogP contribution in [-0.4, -0.2) is 27.6 Å². The second-order valence-corrected chi connectivity index (χ2v) is 4.38. The molecule has 1 heterocycles. The number of alkyl halides is 2. The van der Waals surface area contributed by atoms with E-state index in [9.17, 15) is 8.78 Å². The van der Waals surface area contributed by atoms with E-state index in [2.05, 4.69) is 19.9 Å². The number of benzene rings is 1. The molecule has 0 saturated heterocycles. The van der Waals surface area contributed by atoms with Gasteiger partial charge in [-0.25, -0.2) is 18.4 Å². The average molecular weight is 300 g/mol. The Morgan fingerprint density at radius 3 is 2.90 bits per heavy atom. The Kier molecular flexibility index (Phi) is 4.64. The number of halogens is 2. The van der Waals surface area contributed by atoms with Crippen LogP contribution < -0.4 is 5.48 Å². The lowest BCUT2D eigenvalue weighted by Gasteiger charge is -2.03. The summed E-state index contributed by atoms with van der Waals surface area (Å²) in [5.41, 5.74) is 2.14. The van der Waals surface area contributed by atoms with E-state index in [-0.39, 0.29) is 22.8 Å². The van der Waals surface area contributed by atoms with Crippen LogP contribution >= 0.6 is 11.8 Å². The van der Waals surface area contributed by atoms with Gasteiger partial charge >= 0.3 is 0 Å². The van der Waals surface area contributed by atoms with E-state index < -0.39 is 6.43 Å². The zero-order valence-corrected chi connectivity index (χ0v) is 11.1. The third kappa shape index (κ3) is 3.11. The monoisotopic (exact) mass is 300 g/mol. The molecule has 0 atom stereocenters. The molecule has 0 amide bonds. The Labute approximate surface area is 116 Å². The van der Waals surface area contributed by atoms with Crippen molar-refractivity contribution in [3.05, 3.63) is 35.5 Å². The van der Waals surface area contributed by atoms with E-state index >= 15 is 0 Å². The average Bonchev–Trinajstić information content (AvgIpc) is 2.93. The molecule has 20 heavy (non-hydrogen) atoms. The van der Waals surface area contributed by atoms with Crippen LogP contribution in [0.4, 0.5) is 14.5 Å². The number of nitrogens with zero attached hydrogens (tertiary/aromatic N) is 3. The molecule has 0 radical (unpaired) electrons. The van der Waals surface area contributed by atoms with Gasteiger partial charge in [0, 0.05) is 5.56 Å². The highest BCUT2D eigenvalue weighted by atomic mass is 32.2. The zero-order valence-electron chi connectivity index (χ0n) is 10.2. The summed E-state index contributed by atoms with van der Waals surface area (Å²) in [6.45, 7) is 0. The Bertz CT molecular complexity index is 618. The number of hydrogen-bond donors (Lipinski definition) is 2. The minimum absolute atomic E-state index is 0.0398. The van der Waals surface area contributed by atoms with Gasteiger partial charge in [-0.2, -0.15) is 0 Å². The van der Waals surface area contributed by atoms with Crippen molar-refractivity contribution in [2.75, 3.05) is 6.26 Å². The van der Waals surface area contributed by atoms with Crippen molar-refractivity contribution in [1.29, 1.82) is 0 Å². The second kappa shape index (κ2) is 6.44. The molecule has 9 heteroatoms. The minimum atomic E-state index is -2.59. The largest absolute Gasteiger partial charge is 0.290 e. The summed E-state index contributed by atoms with van der Waals surface area (Å²) in [6.07, 6.45) is -0.846. The van der Waals surface area contributed by atoms with Gasteiger partial charge in [0.25, 0.3) is 6.43 Å². The maximum Gasteiger partial charge on any atom is 0.263 e. The molecule has 0 saturated carbocycles. The lowest BCUT2D eigenvalue weighted by molar-refractivity contribution is 0.151. The smallest absolute Gasteiger partial charge is 0.263 e. The molecule has 6 nitrogen and oxygen atoms in total. The van der Waals surface area contributed by atoms with Crippen molar-refractivity contribution in [3.8, 4) is 0 Å². The highest BCUT2D eigenvalue weighted by Gasteiger charge is 2.16. The van der Waals surface area contributed by atoms with Gasteiger partial charge in [-0.05, 0) is 28.7 Å². The number of aliphatic imine (C=N–C) groups is 1. The number of hydroxylamine groups is 1. The van der Waals surface area contributed by atoms with E-state index in [1.807, 2.05) is 5.48 Å². The Hall–Kier alpha value is -2.00. The number of hydrogen-bond acceptors (Lipinski definition) is 6. The molecule has 0 fully saturated rings. The lowest BCUT2D eigenvalue weighted by Crippen LogP contribution is -2.21. The van der Waals surface area contributed by atoms with E-state index in [1.165, 1.54) is 36.0 Å². The number of amidine groups is 1. The van der Waals surface area contributed by atoms with Crippen LogP contribution in [0.2, 0.25) is 0 Å². The fraction of sp³-hybridized carbons (Fsp3) is 0.182. The van der Waals surface area contributed by atoms with Crippen molar-refractivity contribution in [3.63, 3.8) is 0 Å². The topological polar surface area (TPSA) is 83.5 Å². The summed E-state index contributed by atoms with van der Waals surface area (Å²) < 4.78 is 29.8. The molecule has 106 valence electrons. The lowest BCUT2D eigenvalue weighted by atomic mass is 10.2. The van der Waals surface area contributed by atoms with Crippen LogP contribution in [0.3, 0.4) is 0 Å². The number of rotatable bonds is 4. The van der Waals surface area contributed by atoms with E-state index in [4.69, 9.17) is 5.21 Å². The second-order valence-electron chi connectivity index (χ2n) is 3.59.